The summed E-state index contributed by atoms with van der Waals surface area (Å²) in [4.78, 5) is 0.388. The number of rotatable bonds is 6. The summed E-state index contributed by atoms with van der Waals surface area (Å²) < 4.78 is 33.4. The van der Waals surface area contributed by atoms with Gasteiger partial charge in [0.05, 0.1) is 11.5 Å². The van der Waals surface area contributed by atoms with Crippen LogP contribution in [0, 0.1) is 5.92 Å². The highest BCUT2D eigenvalue weighted by molar-refractivity contribution is 7.89. The van der Waals surface area contributed by atoms with Crippen molar-refractivity contribution in [1.29, 1.82) is 0 Å². The Balaban J connectivity index is 1.52. The van der Waals surface area contributed by atoms with Crippen molar-refractivity contribution in [2.45, 2.75) is 50.5 Å². The molecular weight excluding hydrogens is 370 g/mol. The highest BCUT2D eigenvalue weighted by Crippen LogP contribution is 2.27. The van der Waals surface area contributed by atoms with Crippen LogP contribution in [0.3, 0.4) is 0 Å². The van der Waals surface area contributed by atoms with Crippen LogP contribution in [-0.4, -0.2) is 32.4 Å². The van der Waals surface area contributed by atoms with E-state index in [2.05, 4.69) is 32.9 Å². The molecule has 0 aromatic heterocycles. The normalized spacial score (nSPS) is 17.0. The fourth-order valence-electron chi connectivity index (χ4n) is 3.51. The van der Waals surface area contributed by atoms with Crippen LogP contribution >= 0.6 is 0 Å². The standard InChI is InChI=1S/C23H31NO3S/c1-23(2,3)21-9-11-22(12-10-21)28(25,26)24-15-13-20(14-16-24)18-27-17-19-7-5-4-6-8-19/h4-12,20H,13-18H2,1-3H3. The molecule has 0 radical (unpaired) electrons. The van der Waals surface area contributed by atoms with Crippen molar-refractivity contribution in [3.05, 3.63) is 65.7 Å². The molecule has 1 fully saturated rings. The van der Waals surface area contributed by atoms with Crippen molar-refractivity contribution in [2.75, 3.05) is 19.7 Å². The lowest BCUT2D eigenvalue weighted by atomic mass is 9.87. The van der Waals surface area contributed by atoms with Gasteiger partial charge in [-0.3, -0.25) is 0 Å². The van der Waals surface area contributed by atoms with Crippen molar-refractivity contribution < 1.29 is 13.2 Å². The number of hydrogen-bond acceptors (Lipinski definition) is 3. The van der Waals surface area contributed by atoms with Crippen LogP contribution in [-0.2, 0) is 26.8 Å². The Morgan fingerprint density at radius 1 is 0.964 bits per heavy atom. The minimum Gasteiger partial charge on any atom is -0.376 e. The van der Waals surface area contributed by atoms with Gasteiger partial charge in [-0.05, 0) is 47.4 Å². The molecule has 2 aromatic rings. The molecule has 0 bridgehead atoms. The molecule has 28 heavy (non-hydrogen) atoms. The molecule has 2 aromatic carbocycles. The third-order valence-corrected chi connectivity index (χ3v) is 7.31. The molecule has 152 valence electrons. The lowest BCUT2D eigenvalue weighted by Gasteiger charge is -2.31. The fraction of sp³-hybridized carbons (Fsp3) is 0.478. The summed E-state index contributed by atoms with van der Waals surface area (Å²) in [6.45, 7) is 8.79. The zero-order chi connectivity index (χ0) is 20.2. The average Bonchev–Trinajstić information content (AvgIpc) is 2.69. The molecular formula is C23H31NO3S. The number of ether oxygens (including phenoxy) is 1. The Kier molecular flexibility index (Phi) is 6.58. The summed E-state index contributed by atoms with van der Waals surface area (Å²) in [6.07, 6.45) is 1.68. The molecule has 1 aliphatic heterocycles. The van der Waals surface area contributed by atoms with Crippen LogP contribution in [0.4, 0.5) is 0 Å². The van der Waals surface area contributed by atoms with Crippen molar-refractivity contribution in [3.8, 4) is 0 Å². The minimum atomic E-state index is -3.42. The van der Waals surface area contributed by atoms with E-state index in [0.717, 1.165) is 18.4 Å². The van der Waals surface area contributed by atoms with Gasteiger partial charge in [-0.15, -0.1) is 0 Å². The highest BCUT2D eigenvalue weighted by atomic mass is 32.2. The van der Waals surface area contributed by atoms with E-state index >= 15 is 0 Å². The van der Waals surface area contributed by atoms with E-state index in [1.54, 1.807) is 16.4 Å². The van der Waals surface area contributed by atoms with E-state index in [0.29, 0.717) is 37.1 Å². The van der Waals surface area contributed by atoms with Crippen LogP contribution in [0.1, 0.15) is 44.7 Å². The number of piperidine rings is 1. The van der Waals surface area contributed by atoms with Gasteiger partial charge in [-0.25, -0.2) is 8.42 Å². The predicted octanol–water partition coefficient (Wildman–Crippen LogP) is 4.60. The quantitative estimate of drug-likeness (QED) is 0.711. The second kappa shape index (κ2) is 8.76. The van der Waals surface area contributed by atoms with Gasteiger partial charge in [-0.2, -0.15) is 4.31 Å². The van der Waals surface area contributed by atoms with Crippen molar-refractivity contribution >= 4 is 10.0 Å². The molecule has 5 heteroatoms. The maximum atomic E-state index is 12.9. The van der Waals surface area contributed by atoms with E-state index in [1.807, 2.05) is 30.3 Å². The molecule has 0 aliphatic carbocycles. The van der Waals surface area contributed by atoms with Crippen molar-refractivity contribution in [3.63, 3.8) is 0 Å². The van der Waals surface area contributed by atoms with E-state index < -0.39 is 10.0 Å². The minimum absolute atomic E-state index is 0.0143. The topological polar surface area (TPSA) is 46.6 Å². The van der Waals surface area contributed by atoms with Gasteiger partial charge in [0.2, 0.25) is 10.0 Å². The molecule has 0 amide bonds. The van der Waals surface area contributed by atoms with Crippen molar-refractivity contribution in [2.24, 2.45) is 5.92 Å². The first-order valence-electron chi connectivity index (χ1n) is 9.99. The number of hydrogen-bond donors (Lipinski definition) is 0. The van der Waals surface area contributed by atoms with Gasteiger partial charge >= 0.3 is 0 Å². The number of nitrogens with zero attached hydrogens (tertiary/aromatic N) is 1. The molecule has 1 heterocycles. The zero-order valence-electron chi connectivity index (χ0n) is 17.1. The molecule has 0 spiro atoms. The lowest BCUT2D eigenvalue weighted by Crippen LogP contribution is -2.39. The molecule has 3 rings (SSSR count). The third-order valence-electron chi connectivity index (χ3n) is 5.40. The Bertz CT molecular complexity index is 847. The molecule has 4 nitrogen and oxygen atoms in total. The summed E-state index contributed by atoms with van der Waals surface area (Å²) in [7, 11) is -3.42. The molecule has 1 saturated heterocycles. The van der Waals surface area contributed by atoms with E-state index in [-0.39, 0.29) is 5.41 Å². The molecule has 0 unspecified atom stereocenters. The van der Waals surface area contributed by atoms with Crippen molar-refractivity contribution in [1.82, 2.24) is 4.31 Å². The zero-order valence-corrected chi connectivity index (χ0v) is 17.9. The van der Waals surface area contributed by atoms with Crippen LogP contribution in [0.15, 0.2) is 59.5 Å². The van der Waals surface area contributed by atoms with Crippen LogP contribution in [0.5, 0.6) is 0 Å². The summed E-state index contributed by atoms with van der Waals surface area (Å²) in [5.41, 5.74) is 2.32. The average molecular weight is 402 g/mol. The summed E-state index contributed by atoms with van der Waals surface area (Å²) >= 11 is 0. The second-order valence-electron chi connectivity index (χ2n) is 8.62. The number of benzene rings is 2. The summed E-state index contributed by atoms with van der Waals surface area (Å²) in [6, 6.07) is 17.5. The number of sulfonamides is 1. The largest absolute Gasteiger partial charge is 0.376 e. The molecule has 0 N–H and O–H groups in total. The molecule has 0 saturated carbocycles. The van der Waals surface area contributed by atoms with Gasteiger partial charge in [0.25, 0.3) is 0 Å². The third kappa shape index (κ3) is 5.22. The first kappa shape index (κ1) is 21.0. The van der Waals surface area contributed by atoms with Gasteiger partial charge in [0, 0.05) is 19.7 Å². The molecule has 1 aliphatic rings. The van der Waals surface area contributed by atoms with Gasteiger partial charge < -0.3 is 4.74 Å². The van der Waals surface area contributed by atoms with Crippen LogP contribution in [0.25, 0.3) is 0 Å². The fourth-order valence-corrected chi connectivity index (χ4v) is 4.98. The smallest absolute Gasteiger partial charge is 0.243 e. The Labute approximate surface area is 169 Å². The Morgan fingerprint density at radius 3 is 2.14 bits per heavy atom. The Hall–Kier alpha value is -1.69. The second-order valence-corrected chi connectivity index (χ2v) is 10.6. The Morgan fingerprint density at radius 2 is 1.57 bits per heavy atom. The highest BCUT2D eigenvalue weighted by Gasteiger charge is 2.29. The lowest BCUT2D eigenvalue weighted by molar-refractivity contribution is 0.0688. The summed E-state index contributed by atoms with van der Waals surface area (Å²) in [5, 5.41) is 0. The molecule has 0 atom stereocenters. The van der Waals surface area contributed by atoms with Crippen LogP contribution in [0.2, 0.25) is 0 Å². The van der Waals surface area contributed by atoms with E-state index in [4.69, 9.17) is 4.74 Å². The SMILES string of the molecule is CC(C)(C)c1ccc(S(=O)(=O)N2CCC(COCc3ccccc3)CC2)cc1. The predicted molar refractivity (Wildman–Crippen MR) is 113 cm³/mol. The van der Waals surface area contributed by atoms with E-state index in [9.17, 15) is 8.42 Å². The van der Waals surface area contributed by atoms with Gasteiger partial charge in [-0.1, -0.05) is 63.2 Å². The monoisotopic (exact) mass is 401 g/mol. The van der Waals surface area contributed by atoms with Gasteiger partial charge in [0.15, 0.2) is 0 Å². The van der Waals surface area contributed by atoms with Gasteiger partial charge in [0.1, 0.15) is 0 Å². The maximum Gasteiger partial charge on any atom is 0.243 e. The van der Waals surface area contributed by atoms with E-state index in [1.165, 1.54) is 5.56 Å². The first-order valence-corrected chi connectivity index (χ1v) is 11.4. The summed E-state index contributed by atoms with van der Waals surface area (Å²) in [5.74, 6) is 0.415. The van der Waals surface area contributed by atoms with Crippen LogP contribution < -0.4 is 0 Å². The maximum absolute atomic E-state index is 12.9. The first-order chi connectivity index (χ1) is 13.3.